The number of thioether (sulfide) groups is 1. The number of rotatable bonds is 9. The predicted molar refractivity (Wildman–Crippen MR) is 154 cm³/mol. The van der Waals surface area contributed by atoms with E-state index < -0.39 is 17.7 Å². The molecule has 10 heteroatoms. The summed E-state index contributed by atoms with van der Waals surface area (Å²) in [6, 6.07) is 19.5. The molecule has 0 aliphatic carbocycles. The molecule has 1 fully saturated rings. The summed E-state index contributed by atoms with van der Waals surface area (Å²) in [5, 5.41) is 20.0. The Bertz CT molecular complexity index is 1570. The summed E-state index contributed by atoms with van der Waals surface area (Å²) >= 11 is 2.56. The van der Waals surface area contributed by atoms with Crippen LogP contribution < -0.4 is 9.64 Å². The van der Waals surface area contributed by atoms with E-state index in [0.29, 0.717) is 33.6 Å². The van der Waals surface area contributed by atoms with Gasteiger partial charge < -0.3 is 9.84 Å². The topological polar surface area (TPSA) is 92.6 Å². The molecule has 0 bridgehead atoms. The van der Waals surface area contributed by atoms with E-state index in [1.807, 2.05) is 26.0 Å². The Morgan fingerprint density at radius 1 is 1.07 bits per heavy atom. The highest BCUT2D eigenvalue weighted by Crippen LogP contribution is 2.44. The van der Waals surface area contributed by atoms with Gasteiger partial charge >= 0.3 is 5.91 Å². The molecule has 3 aromatic carbocycles. The van der Waals surface area contributed by atoms with Gasteiger partial charge in [0.25, 0.3) is 5.78 Å². The first-order valence-corrected chi connectivity index (χ1v) is 14.5. The van der Waals surface area contributed by atoms with Crippen LogP contribution in [0.3, 0.4) is 0 Å². The van der Waals surface area contributed by atoms with Gasteiger partial charge in [-0.05, 0) is 48.7 Å². The normalized spacial score (nSPS) is 16.5. The van der Waals surface area contributed by atoms with E-state index in [0.717, 1.165) is 17.5 Å². The summed E-state index contributed by atoms with van der Waals surface area (Å²) in [7, 11) is 0. The summed E-state index contributed by atoms with van der Waals surface area (Å²) in [5.41, 5.74) is 2.90. The zero-order valence-corrected chi connectivity index (χ0v) is 23.5. The Kier molecular flexibility index (Phi) is 8.27. The van der Waals surface area contributed by atoms with Crippen LogP contribution in [-0.2, 0) is 15.3 Å². The van der Waals surface area contributed by atoms with Crippen molar-refractivity contribution in [2.45, 2.75) is 36.4 Å². The van der Waals surface area contributed by atoms with Crippen LogP contribution in [0.1, 0.15) is 41.6 Å². The Morgan fingerprint density at radius 3 is 2.55 bits per heavy atom. The van der Waals surface area contributed by atoms with Crippen LogP contribution in [0, 0.1) is 12.7 Å². The number of carbonyl (C=O) groups is 2. The van der Waals surface area contributed by atoms with Crippen LogP contribution in [0.2, 0.25) is 0 Å². The van der Waals surface area contributed by atoms with Crippen LogP contribution >= 0.6 is 23.1 Å². The van der Waals surface area contributed by atoms with Gasteiger partial charge in [-0.1, -0.05) is 84.1 Å². The van der Waals surface area contributed by atoms with E-state index in [9.17, 15) is 19.1 Å². The molecule has 0 radical (unpaired) electrons. The first-order chi connectivity index (χ1) is 19.4. The monoisotopic (exact) mass is 575 g/mol. The molecule has 1 saturated heterocycles. The summed E-state index contributed by atoms with van der Waals surface area (Å²) in [6.45, 7) is 4.44. The van der Waals surface area contributed by atoms with Crippen molar-refractivity contribution in [3.05, 3.63) is 106 Å². The Labute approximate surface area is 239 Å². The van der Waals surface area contributed by atoms with E-state index in [1.165, 1.54) is 40.1 Å². The molecule has 40 heavy (non-hydrogen) atoms. The average molecular weight is 576 g/mol. The smallest absolute Gasteiger partial charge is 0.301 e. The minimum absolute atomic E-state index is 0.0304. The first-order valence-electron chi connectivity index (χ1n) is 12.7. The molecule has 0 saturated carbocycles. The van der Waals surface area contributed by atoms with Gasteiger partial charge in [-0.2, -0.15) is 0 Å². The van der Waals surface area contributed by atoms with Crippen LogP contribution in [0.15, 0.2) is 82.7 Å². The van der Waals surface area contributed by atoms with Crippen LogP contribution in [0.5, 0.6) is 5.75 Å². The molecule has 1 aliphatic rings. The molecule has 1 aromatic heterocycles. The van der Waals surface area contributed by atoms with Crippen molar-refractivity contribution in [1.82, 2.24) is 10.2 Å². The number of benzene rings is 3. The maximum absolute atomic E-state index is 13.5. The molecule has 204 valence electrons. The van der Waals surface area contributed by atoms with E-state index in [1.54, 1.807) is 48.5 Å². The van der Waals surface area contributed by atoms with Crippen molar-refractivity contribution >= 4 is 45.7 Å². The van der Waals surface area contributed by atoms with Crippen molar-refractivity contribution in [3.8, 4) is 5.75 Å². The zero-order valence-electron chi connectivity index (χ0n) is 21.8. The van der Waals surface area contributed by atoms with Crippen molar-refractivity contribution < 1.29 is 23.8 Å². The fourth-order valence-electron chi connectivity index (χ4n) is 4.29. The molecular weight excluding hydrogens is 549 g/mol. The zero-order chi connectivity index (χ0) is 28.2. The molecule has 5 rings (SSSR count). The molecule has 2 heterocycles. The van der Waals surface area contributed by atoms with E-state index in [2.05, 4.69) is 10.2 Å². The lowest BCUT2D eigenvalue weighted by Crippen LogP contribution is -2.29. The second-order valence-electron chi connectivity index (χ2n) is 9.22. The summed E-state index contributed by atoms with van der Waals surface area (Å²) < 4.78 is 19.6. The van der Waals surface area contributed by atoms with Gasteiger partial charge in [-0.3, -0.25) is 14.5 Å². The molecule has 1 atom stereocenters. The Balaban J connectivity index is 1.54. The summed E-state index contributed by atoms with van der Waals surface area (Å²) in [4.78, 5) is 28.2. The highest BCUT2D eigenvalue weighted by molar-refractivity contribution is 8.00. The number of Topliss-reactive ketones (excluding diaryl/α,β-unsaturated/α-hetero) is 1. The van der Waals surface area contributed by atoms with E-state index >= 15 is 0 Å². The third-order valence-corrected chi connectivity index (χ3v) is 8.42. The van der Waals surface area contributed by atoms with Crippen molar-refractivity contribution in [2.75, 3.05) is 11.5 Å². The van der Waals surface area contributed by atoms with Gasteiger partial charge in [0.1, 0.15) is 17.3 Å². The van der Waals surface area contributed by atoms with Crippen LogP contribution in [0.4, 0.5) is 9.52 Å². The number of aromatic nitrogens is 2. The fourth-order valence-corrected chi connectivity index (χ4v) is 6.11. The largest absolute Gasteiger partial charge is 0.507 e. The van der Waals surface area contributed by atoms with Crippen molar-refractivity contribution in [3.63, 3.8) is 0 Å². The third-order valence-electron chi connectivity index (χ3n) is 6.29. The lowest BCUT2D eigenvalue weighted by atomic mass is 9.95. The minimum atomic E-state index is -0.936. The van der Waals surface area contributed by atoms with Gasteiger partial charge in [0, 0.05) is 11.3 Å². The molecule has 4 aromatic rings. The minimum Gasteiger partial charge on any atom is -0.507 e. The van der Waals surface area contributed by atoms with Gasteiger partial charge in [0.05, 0.1) is 18.2 Å². The molecular formula is C30H26FN3O4S2. The standard InChI is InChI=1S/C30H26FN3O4S2/c1-3-15-38-23-6-4-5-21(16-23)25-24(26(35)20-11-7-18(2)8-12-20)27(36)28(37)34(25)29-32-33-30(40-29)39-17-19-9-13-22(31)14-10-19/h4-14,16,25,35H,3,15,17H2,1-2H3. The highest BCUT2D eigenvalue weighted by Gasteiger charge is 2.48. The van der Waals surface area contributed by atoms with Gasteiger partial charge in [-0.25, -0.2) is 4.39 Å². The number of ether oxygens (including phenoxy) is 1. The number of nitrogens with zero attached hydrogens (tertiary/aromatic N) is 3. The number of hydrogen-bond acceptors (Lipinski definition) is 8. The number of anilines is 1. The number of amides is 1. The van der Waals surface area contributed by atoms with Crippen molar-refractivity contribution in [1.29, 1.82) is 0 Å². The number of aryl methyl sites for hydroxylation is 1. The van der Waals surface area contributed by atoms with E-state index in [4.69, 9.17) is 4.74 Å². The molecule has 1 N–H and O–H groups in total. The van der Waals surface area contributed by atoms with Gasteiger partial charge in [0.2, 0.25) is 5.13 Å². The quantitative estimate of drug-likeness (QED) is 0.0781. The van der Waals surface area contributed by atoms with Crippen LogP contribution in [-0.4, -0.2) is 33.6 Å². The van der Waals surface area contributed by atoms with Gasteiger partial charge in [0.15, 0.2) is 4.34 Å². The lowest BCUT2D eigenvalue weighted by molar-refractivity contribution is -0.132. The SMILES string of the molecule is CCCOc1cccc(C2C(=C(O)c3ccc(C)cc3)C(=O)C(=O)N2c2nnc(SCc3ccc(F)cc3)s2)c1. The molecule has 1 unspecified atom stereocenters. The number of ketones is 1. The average Bonchev–Trinajstić information content (AvgIpc) is 3.53. The fraction of sp³-hybridized carbons (Fsp3) is 0.200. The first kappa shape index (κ1) is 27.5. The predicted octanol–water partition coefficient (Wildman–Crippen LogP) is 6.69. The molecule has 1 amide bonds. The second-order valence-corrected chi connectivity index (χ2v) is 11.4. The Morgan fingerprint density at radius 2 is 1.82 bits per heavy atom. The molecule has 1 aliphatic heterocycles. The summed E-state index contributed by atoms with van der Waals surface area (Å²) in [5.74, 6) is -1.06. The highest BCUT2D eigenvalue weighted by atomic mass is 32.2. The maximum atomic E-state index is 13.5. The number of halogens is 1. The van der Waals surface area contributed by atoms with Gasteiger partial charge in [-0.15, -0.1) is 10.2 Å². The third kappa shape index (κ3) is 5.78. The number of carbonyl (C=O) groups excluding carboxylic acids is 2. The summed E-state index contributed by atoms with van der Waals surface area (Å²) in [6.07, 6.45) is 0.819. The molecule has 7 nitrogen and oxygen atoms in total. The Hall–Kier alpha value is -4.02. The second kappa shape index (κ2) is 12.0. The lowest BCUT2D eigenvalue weighted by Gasteiger charge is -2.23. The van der Waals surface area contributed by atoms with Crippen LogP contribution in [0.25, 0.3) is 5.76 Å². The van der Waals surface area contributed by atoms with E-state index in [-0.39, 0.29) is 22.3 Å². The number of hydrogen-bond donors (Lipinski definition) is 1. The number of aliphatic hydroxyl groups excluding tert-OH is 1. The maximum Gasteiger partial charge on any atom is 0.301 e. The van der Waals surface area contributed by atoms with Crippen molar-refractivity contribution in [2.24, 2.45) is 0 Å². The number of aliphatic hydroxyl groups is 1. The molecule has 0 spiro atoms.